The van der Waals surface area contributed by atoms with E-state index in [-0.39, 0.29) is 5.56 Å². The molecule has 0 aromatic carbocycles. The van der Waals surface area contributed by atoms with Crippen molar-refractivity contribution in [2.45, 2.75) is 19.3 Å². The van der Waals surface area contributed by atoms with Crippen LogP contribution in [0.25, 0.3) is 6.08 Å². The average Bonchev–Trinajstić information content (AvgIpc) is 2.69. The normalized spacial score (nSPS) is 14.3. The molecular weight excluding hydrogens is 206 g/mol. The number of hydrogen-bond acceptors (Lipinski definition) is 2. The summed E-state index contributed by atoms with van der Waals surface area (Å²) in [4.78, 5) is 22.3. The largest absolute Gasteiger partial charge is 0.478 e. The van der Waals surface area contributed by atoms with E-state index >= 15 is 0 Å². The number of carboxylic acids is 1. The van der Waals surface area contributed by atoms with Crippen LogP contribution in [0.5, 0.6) is 0 Å². The molecule has 2 rings (SSSR count). The molecule has 0 saturated heterocycles. The Morgan fingerprint density at radius 1 is 1.50 bits per heavy atom. The number of hydrogen-bond donors (Lipinski definition) is 1. The van der Waals surface area contributed by atoms with E-state index in [0.29, 0.717) is 5.56 Å². The highest BCUT2D eigenvalue weighted by molar-refractivity contribution is 5.85. The molecule has 1 N–H and O–H groups in total. The number of carbonyl (C=O) groups is 1. The van der Waals surface area contributed by atoms with Crippen LogP contribution in [0.2, 0.25) is 0 Å². The van der Waals surface area contributed by atoms with E-state index < -0.39 is 5.97 Å². The molecule has 4 nitrogen and oxygen atoms in total. The smallest absolute Gasteiger partial charge is 0.328 e. The Hall–Kier alpha value is -1.84. The number of aryl methyl sites for hydroxylation is 1. The van der Waals surface area contributed by atoms with Gasteiger partial charge in [0, 0.05) is 24.4 Å². The molecule has 16 heavy (non-hydrogen) atoms. The van der Waals surface area contributed by atoms with E-state index in [1.807, 2.05) is 6.07 Å². The van der Waals surface area contributed by atoms with Crippen LogP contribution in [0.4, 0.5) is 0 Å². The van der Waals surface area contributed by atoms with Crippen LogP contribution in [0.3, 0.4) is 0 Å². The summed E-state index contributed by atoms with van der Waals surface area (Å²) in [6.45, 7) is 0. The first-order valence-corrected chi connectivity index (χ1v) is 5.22. The van der Waals surface area contributed by atoms with Gasteiger partial charge in [0.25, 0.3) is 5.56 Å². The summed E-state index contributed by atoms with van der Waals surface area (Å²) in [5, 5.41) is 8.53. The molecule has 0 spiro atoms. The summed E-state index contributed by atoms with van der Waals surface area (Å²) in [5.41, 5.74) is 2.56. The molecule has 84 valence electrons. The summed E-state index contributed by atoms with van der Waals surface area (Å²) in [6.07, 6.45) is 5.33. The molecule has 1 aromatic rings. The Morgan fingerprint density at radius 2 is 2.25 bits per heavy atom. The highest BCUT2D eigenvalue weighted by Gasteiger charge is 2.15. The molecule has 0 aliphatic heterocycles. The van der Waals surface area contributed by atoms with E-state index in [2.05, 4.69) is 0 Å². The lowest BCUT2D eigenvalue weighted by molar-refractivity contribution is -0.131. The Bertz CT molecular complexity index is 526. The minimum Gasteiger partial charge on any atom is -0.478 e. The molecule has 0 fully saturated rings. The van der Waals surface area contributed by atoms with Crippen molar-refractivity contribution in [3.8, 4) is 0 Å². The van der Waals surface area contributed by atoms with Gasteiger partial charge in [-0.25, -0.2) is 4.79 Å². The molecule has 1 aliphatic rings. The van der Waals surface area contributed by atoms with E-state index in [1.54, 1.807) is 11.6 Å². The topological polar surface area (TPSA) is 59.3 Å². The second kappa shape index (κ2) is 3.96. The van der Waals surface area contributed by atoms with E-state index in [9.17, 15) is 9.59 Å². The first-order chi connectivity index (χ1) is 7.59. The predicted octanol–water partition coefficient (Wildman–Crippen LogP) is 0.972. The minimum absolute atomic E-state index is 0.127. The molecule has 1 heterocycles. The minimum atomic E-state index is -1.04. The maximum absolute atomic E-state index is 11.9. The third-order valence-electron chi connectivity index (χ3n) is 2.92. The molecule has 0 amide bonds. The van der Waals surface area contributed by atoms with Crippen molar-refractivity contribution in [2.24, 2.45) is 7.05 Å². The lowest BCUT2D eigenvalue weighted by atomic mass is 10.1. The number of aromatic nitrogens is 1. The van der Waals surface area contributed by atoms with Crippen molar-refractivity contribution in [1.82, 2.24) is 4.57 Å². The number of aliphatic carboxylic acids is 1. The van der Waals surface area contributed by atoms with Gasteiger partial charge >= 0.3 is 5.97 Å². The third-order valence-corrected chi connectivity index (χ3v) is 2.92. The van der Waals surface area contributed by atoms with Crippen molar-refractivity contribution < 1.29 is 9.90 Å². The van der Waals surface area contributed by atoms with E-state index in [1.165, 1.54) is 6.08 Å². The summed E-state index contributed by atoms with van der Waals surface area (Å²) in [6, 6.07) is 1.81. The maximum Gasteiger partial charge on any atom is 0.328 e. The quantitative estimate of drug-likeness (QED) is 0.754. The molecular formula is C12H13NO3. The van der Waals surface area contributed by atoms with Crippen molar-refractivity contribution in [3.05, 3.63) is 39.3 Å². The number of nitrogens with zero attached hydrogens (tertiary/aromatic N) is 1. The van der Waals surface area contributed by atoms with Gasteiger partial charge in [-0.2, -0.15) is 0 Å². The number of fused-ring (bicyclic) bond motifs is 1. The second-order valence-corrected chi connectivity index (χ2v) is 3.96. The lowest BCUT2D eigenvalue weighted by Gasteiger charge is -2.07. The summed E-state index contributed by atoms with van der Waals surface area (Å²) in [7, 11) is 1.74. The van der Waals surface area contributed by atoms with Crippen molar-refractivity contribution in [2.75, 3.05) is 0 Å². The van der Waals surface area contributed by atoms with Crippen molar-refractivity contribution in [3.63, 3.8) is 0 Å². The summed E-state index contributed by atoms with van der Waals surface area (Å²) >= 11 is 0. The molecule has 4 heteroatoms. The maximum atomic E-state index is 11.9. The molecule has 0 bridgehead atoms. The van der Waals surface area contributed by atoms with Crippen LogP contribution >= 0.6 is 0 Å². The monoisotopic (exact) mass is 219 g/mol. The first kappa shape index (κ1) is 10.7. The Labute approximate surface area is 92.8 Å². The van der Waals surface area contributed by atoms with Crippen molar-refractivity contribution in [1.29, 1.82) is 0 Å². The van der Waals surface area contributed by atoms with Crippen LogP contribution in [0, 0.1) is 0 Å². The molecule has 0 saturated carbocycles. The van der Waals surface area contributed by atoms with Gasteiger partial charge in [0.1, 0.15) is 0 Å². The SMILES string of the molecule is Cn1c2c(cc(/C=C/C(=O)O)c1=O)CCC2. The fourth-order valence-electron chi connectivity index (χ4n) is 2.14. The van der Waals surface area contributed by atoms with Gasteiger partial charge in [-0.1, -0.05) is 0 Å². The summed E-state index contributed by atoms with van der Waals surface area (Å²) < 4.78 is 1.63. The van der Waals surface area contributed by atoms with Gasteiger partial charge in [0.15, 0.2) is 0 Å². The average molecular weight is 219 g/mol. The van der Waals surface area contributed by atoms with Crippen LogP contribution in [0.15, 0.2) is 16.9 Å². The van der Waals surface area contributed by atoms with Gasteiger partial charge in [-0.3, -0.25) is 4.79 Å². The molecule has 1 aliphatic carbocycles. The number of rotatable bonds is 2. The highest BCUT2D eigenvalue weighted by atomic mass is 16.4. The Kier molecular flexibility index (Phi) is 2.64. The predicted molar refractivity (Wildman–Crippen MR) is 60.4 cm³/mol. The van der Waals surface area contributed by atoms with Gasteiger partial charge in [0.2, 0.25) is 0 Å². The highest BCUT2D eigenvalue weighted by Crippen LogP contribution is 2.20. The fraction of sp³-hybridized carbons (Fsp3) is 0.333. The van der Waals surface area contributed by atoms with Crippen LogP contribution in [0.1, 0.15) is 23.2 Å². The zero-order valence-electron chi connectivity index (χ0n) is 9.06. The van der Waals surface area contributed by atoms with E-state index in [0.717, 1.165) is 36.6 Å². The zero-order valence-corrected chi connectivity index (χ0v) is 9.06. The van der Waals surface area contributed by atoms with Crippen LogP contribution in [-0.2, 0) is 24.7 Å². The van der Waals surface area contributed by atoms with Gasteiger partial charge < -0.3 is 9.67 Å². The molecule has 1 aromatic heterocycles. The van der Waals surface area contributed by atoms with Crippen molar-refractivity contribution >= 4 is 12.0 Å². The van der Waals surface area contributed by atoms with Crippen LogP contribution < -0.4 is 5.56 Å². The zero-order chi connectivity index (χ0) is 11.7. The third kappa shape index (κ3) is 1.78. The van der Waals surface area contributed by atoms with Gasteiger partial charge in [0.05, 0.1) is 0 Å². The Balaban J connectivity index is 2.52. The lowest BCUT2D eigenvalue weighted by Crippen LogP contribution is -2.22. The fourth-order valence-corrected chi connectivity index (χ4v) is 2.14. The number of carboxylic acid groups (broad SMARTS) is 1. The second-order valence-electron chi connectivity index (χ2n) is 3.96. The standard InChI is InChI=1S/C12H13NO3/c1-13-10-4-2-3-8(10)7-9(12(13)16)5-6-11(14)15/h5-7H,2-4H2,1H3,(H,14,15)/b6-5+. The first-order valence-electron chi connectivity index (χ1n) is 5.22. The number of pyridine rings is 1. The summed E-state index contributed by atoms with van der Waals surface area (Å²) in [5.74, 6) is -1.04. The molecule has 0 unspecified atom stereocenters. The van der Waals surface area contributed by atoms with Crippen LogP contribution in [-0.4, -0.2) is 15.6 Å². The van der Waals surface area contributed by atoms with E-state index in [4.69, 9.17) is 5.11 Å². The van der Waals surface area contributed by atoms with Gasteiger partial charge in [-0.15, -0.1) is 0 Å². The Morgan fingerprint density at radius 3 is 2.94 bits per heavy atom. The molecule has 0 atom stereocenters. The van der Waals surface area contributed by atoms with Gasteiger partial charge in [-0.05, 0) is 37.0 Å². The molecule has 0 radical (unpaired) electrons.